The SMILES string of the molecule is CCC1=C[C@@H]2CN(CCc3c([nH]c4ccccc34)[C@@](CO)(c3cc4c(cc3OC)N(C)[C@H]3[C@@](O)(CO)[C@H](O)[C@]5(CC)C=CCN6CC[C@]43C65)C2)C1. The Balaban J connectivity index is 1.33. The van der Waals surface area contributed by atoms with Gasteiger partial charge in [0.15, 0.2) is 0 Å². The maximum Gasteiger partial charge on any atom is 0.135 e. The van der Waals surface area contributed by atoms with E-state index in [1.165, 1.54) is 16.5 Å². The van der Waals surface area contributed by atoms with Gasteiger partial charge in [0.05, 0.1) is 37.9 Å². The van der Waals surface area contributed by atoms with E-state index in [1.807, 2.05) is 7.05 Å². The van der Waals surface area contributed by atoms with Crippen LogP contribution in [-0.4, -0.2) is 119 Å². The molecule has 51 heavy (non-hydrogen) atoms. The summed E-state index contributed by atoms with van der Waals surface area (Å²) in [6.07, 6.45) is 9.61. The van der Waals surface area contributed by atoms with Crippen molar-refractivity contribution in [3.05, 3.63) is 82.6 Å². The zero-order valence-corrected chi connectivity index (χ0v) is 30.5. The monoisotopic (exact) mass is 694 g/mol. The minimum Gasteiger partial charge on any atom is -0.496 e. The molecule has 2 fully saturated rings. The van der Waals surface area contributed by atoms with Crippen LogP contribution < -0.4 is 9.64 Å². The van der Waals surface area contributed by atoms with Gasteiger partial charge in [0.25, 0.3) is 0 Å². The Kier molecular flexibility index (Phi) is 7.69. The first-order chi connectivity index (χ1) is 24.6. The molecule has 5 N–H and O–H groups in total. The van der Waals surface area contributed by atoms with Gasteiger partial charge in [-0.3, -0.25) is 9.80 Å². The van der Waals surface area contributed by atoms with Crippen LogP contribution in [0.2, 0.25) is 0 Å². The van der Waals surface area contributed by atoms with Crippen LogP contribution in [0.4, 0.5) is 5.69 Å². The van der Waals surface area contributed by atoms with Gasteiger partial charge in [-0.05, 0) is 67.8 Å². The highest BCUT2D eigenvalue weighted by molar-refractivity contribution is 5.86. The molecule has 1 saturated carbocycles. The van der Waals surface area contributed by atoms with Crippen molar-refractivity contribution in [2.24, 2.45) is 11.3 Å². The zero-order chi connectivity index (χ0) is 35.5. The Morgan fingerprint density at radius 2 is 1.86 bits per heavy atom. The number of methoxy groups -OCH3 is 1. The predicted octanol–water partition coefficient (Wildman–Crippen LogP) is 3.86. The lowest BCUT2D eigenvalue weighted by Crippen LogP contribution is -2.79. The second-order valence-corrected chi connectivity index (χ2v) is 16.6. The van der Waals surface area contributed by atoms with Gasteiger partial charge in [-0.15, -0.1) is 0 Å². The molecule has 9 heteroatoms. The van der Waals surface area contributed by atoms with Crippen molar-refractivity contribution in [2.45, 2.75) is 80.6 Å². The molecule has 2 bridgehead atoms. The molecular weight excluding hydrogens is 640 g/mol. The Labute approximate surface area is 301 Å². The van der Waals surface area contributed by atoms with Crippen LogP contribution in [0, 0.1) is 11.3 Å². The average Bonchev–Trinajstić information content (AvgIpc) is 3.82. The molecule has 6 heterocycles. The van der Waals surface area contributed by atoms with Crippen LogP contribution in [0.5, 0.6) is 5.75 Å². The summed E-state index contributed by atoms with van der Waals surface area (Å²) in [5.41, 5.74) is 3.96. The molecule has 5 aliphatic heterocycles. The van der Waals surface area contributed by atoms with Crippen molar-refractivity contribution in [3.63, 3.8) is 0 Å². The number of fused-ring (bicyclic) bond motifs is 6. The van der Waals surface area contributed by atoms with Crippen molar-refractivity contribution in [1.82, 2.24) is 14.8 Å². The Bertz CT molecular complexity index is 1940. The maximum absolute atomic E-state index is 12.6. The number of aliphatic hydroxyl groups is 4. The molecule has 9 atom stereocenters. The van der Waals surface area contributed by atoms with Gasteiger partial charge in [-0.1, -0.05) is 55.8 Å². The highest BCUT2D eigenvalue weighted by atomic mass is 16.5. The van der Waals surface area contributed by atoms with E-state index in [2.05, 4.69) is 88.2 Å². The van der Waals surface area contributed by atoms with Crippen LogP contribution in [0.1, 0.15) is 61.9 Å². The topological polar surface area (TPSA) is 116 Å². The summed E-state index contributed by atoms with van der Waals surface area (Å²) in [4.78, 5) is 11.1. The van der Waals surface area contributed by atoms with Gasteiger partial charge >= 0.3 is 0 Å². The Hall–Kier alpha value is -3.18. The number of anilines is 1. The van der Waals surface area contributed by atoms with E-state index in [-0.39, 0.29) is 18.6 Å². The highest BCUT2D eigenvalue weighted by Crippen LogP contribution is 2.67. The van der Waals surface area contributed by atoms with Crippen molar-refractivity contribution in [2.75, 3.05) is 65.0 Å². The van der Waals surface area contributed by atoms with E-state index >= 15 is 0 Å². The van der Waals surface area contributed by atoms with E-state index in [4.69, 9.17) is 4.74 Å². The second kappa shape index (κ2) is 11.7. The number of para-hydroxylation sites is 1. The zero-order valence-electron chi connectivity index (χ0n) is 30.5. The van der Waals surface area contributed by atoms with Crippen molar-refractivity contribution >= 4 is 16.6 Å². The molecule has 9 rings (SSSR count). The van der Waals surface area contributed by atoms with Gasteiger partial charge in [-0.25, -0.2) is 0 Å². The number of ether oxygens (including phenoxy) is 1. The fraction of sp³-hybridized carbons (Fsp3) is 0.571. The van der Waals surface area contributed by atoms with E-state index < -0.39 is 40.6 Å². The lowest BCUT2D eigenvalue weighted by atomic mass is 9.48. The number of rotatable bonds is 6. The van der Waals surface area contributed by atoms with Crippen LogP contribution in [0.25, 0.3) is 10.9 Å². The number of aliphatic hydroxyl groups excluding tert-OH is 3. The maximum atomic E-state index is 12.6. The predicted molar refractivity (Wildman–Crippen MR) is 200 cm³/mol. The van der Waals surface area contributed by atoms with Crippen molar-refractivity contribution in [1.29, 1.82) is 0 Å². The largest absolute Gasteiger partial charge is 0.496 e. The third-order valence-electron chi connectivity index (χ3n) is 14.6. The summed E-state index contributed by atoms with van der Waals surface area (Å²) in [6.45, 7) is 8.19. The minimum atomic E-state index is -1.77. The van der Waals surface area contributed by atoms with Crippen molar-refractivity contribution in [3.8, 4) is 5.75 Å². The van der Waals surface area contributed by atoms with Gasteiger partial charge in [-0.2, -0.15) is 0 Å². The van der Waals surface area contributed by atoms with E-state index in [0.29, 0.717) is 18.6 Å². The van der Waals surface area contributed by atoms with Crippen LogP contribution in [0.15, 0.2) is 60.2 Å². The van der Waals surface area contributed by atoms with Gasteiger partial charge in [0.2, 0.25) is 0 Å². The molecule has 3 aromatic rings. The molecule has 1 aliphatic carbocycles. The third kappa shape index (κ3) is 4.19. The number of nitrogens with one attached hydrogen (secondary N) is 1. The fourth-order valence-corrected chi connectivity index (χ4v) is 12.5. The second-order valence-electron chi connectivity index (χ2n) is 16.6. The van der Waals surface area contributed by atoms with E-state index in [9.17, 15) is 20.4 Å². The van der Waals surface area contributed by atoms with Crippen molar-refractivity contribution < 1.29 is 25.2 Å². The molecule has 6 aliphatic rings. The molecule has 0 radical (unpaired) electrons. The fourth-order valence-electron chi connectivity index (χ4n) is 12.5. The van der Waals surface area contributed by atoms with Crippen LogP contribution in [0.3, 0.4) is 0 Å². The van der Waals surface area contributed by atoms with Gasteiger partial charge in [0.1, 0.15) is 11.4 Å². The van der Waals surface area contributed by atoms with E-state index in [0.717, 1.165) is 80.0 Å². The molecule has 1 spiro atoms. The first-order valence-corrected chi connectivity index (χ1v) is 19.2. The summed E-state index contributed by atoms with van der Waals surface area (Å²) >= 11 is 0. The normalized spacial score (nSPS) is 38.3. The first kappa shape index (κ1) is 33.6. The standard InChI is InChI=1S/C42H54N4O5/c1-5-26-18-27-21-40(24-47,35-29(12-16-45(22-26)23-27)28-10-7-8-11-32(28)43-35)31-19-30-33(20-34(31)51-4)44(3)37-41(30)14-17-46-15-9-13-39(6-2,36(41)46)38(49)42(37,50)25-48/h7-11,13,18-20,27,36-38,43,47-50H,5-6,12,14-17,21-25H2,1-4H3/t27-,36?,37+,38+,39+,40-,41+,42-/m0/s1. The molecule has 1 aromatic heterocycles. The lowest BCUT2D eigenvalue weighted by Gasteiger charge is -2.64. The molecule has 2 aromatic carbocycles. The number of H-pyrrole nitrogens is 1. The molecular formula is C42H54N4O5. The number of aromatic amines is 1. The molecule has 272 valence electrons. The van der Waals surface area contributed by atoms with E-state index in [1.54, 1.807) is 7.11 Å². The number of hydrogen-bond acceptors (Lipinski definition) is 8. The molecule has 0 amide bonds. The Morgan fingerprint density at radius 1 is 1.04 bits per heavy atom. The third-order valence-corrected chi connectivity index (χ3v) is 14.6. The molecule has 9 nitrogen and oxygen atoms in total. The van der Waals surface area contributed by atoms with Crippen LogP contribution in [-0.2, 0) is 17.3 Å². The summed E-state index contributed by atoms with van der Waals surface area (Å²) in [6, 6.07) is 12.3. The number of likely N-dealkylation sites (N-methyl/N-ethyl adjacent to an activating group) is 1. The smallest absolute Gasteiger partial charge is 0.135 e. The Morgan fingerprint density at radius 3 is 2.61 bits per heavy atom. The highest BCUT2D eigenvalue weighted by Gasteiger charge is 2.76. The molecule has 1 saturated heterocycles. The average molecular weight is 695 g/mol. The van der Waals surface area contributed by atoms with Crippen LogP contribution >= 0.6 is 0 Å². The molecule has 2 unspecified atom stereocenters. The first-order valence-electron chi connectivity index (χ1n) is 19.2. The number of hydrogen-bond donors (Lipinski definition) is 5. The summed E-state index contributed by atoms with van der Waals surface area (Å²) in [5.74, 6) is 0.932. The number of nitrogens with zero attached hydrogens (tertiary/aromatic N) is 3. The summed E-state index contributed by atoms with van der Waals surface area (Å²) < 4.78 is 6.35. The quantitative estimate of drug-likeness (QED) is 0.247. The lowest BCUT2D eigenvalue weighted by molar-refractivity contribution is -0.213. The number of aromatic nitrogens is 1. The summed E-state index contributed by atoms with van der Waals surface area (Å²) in [7, 11) is 3.71. The summed E-state index contributed by atoms with van der Waals surface area (Å²) in [5, 5.41) is 49.2. The number of benzene rings is 2. The minimum absolute atomic E-state index is 0.0760. The van der Waals surface area contributed by atoms with Gasteiger partial charge < -0.3 is 35.0 Å². The van der Waals surface area contributed by atoms with Gasteiger partial charge in [0, 0.05) is 84.0 Å².